The van der Waals surface area contributed by atoms with Gasteiger partial charge in [-0.3, -0.25) is 4.79 Å². The Morgan fingerprint density at radius 1 is 1.19 bits per heavy atom. The summed E-state index contributed by atoms with van der Waals surface area (Å²) in [6, 6.07) is 13.4. The van der Waals surface area contributed by atoms with Crippen LogP contribution in [-0.2, 0) is 14.6 Å². The number of nitrogens with zero attached hydrogens (tertiary/aromatic N) is 1. The smallest absolute Gasteiger partial charge is 0.260 e. The Morgan fingerprint density at radius 2 is 1.92 bits per heavy atom. The number of hydrogen-bond acceptors (Lipinski definition) is 4. The van der Waals surface area contributed by atoms with E-state index in [1.54, 1.807) is 4.90 Å². The van der Waals surface area contributed by atoms with Crippen molar-refractivity contribution in [2.45, 2.75) is 26.3 Å². The Balaban J connectivity index is 1.68. The number of ether oxygens (including phenoxy) is 1. The molecule has 6 heteroatoms. The largest absolute Gasteiger partial charge is 0.484 e. The minimum absolute atomic E-state index is 0.0570. The summed E-state index contributed by atoms with van der Waals surface area (Å²) in [6.45, 7) is 4.50. The van der Waals surface area contributed by atoms with E-state index in [-0.39, 0.29) is 36.0 Å². The summed E-state index contributed by atoms with van der Waals surface area (Å²) in [6.07, 6.45) is 0.511. The highest BCUT2D eigenvalue weighted by molar-refractivity contribution is 7.91. The van der Waals surface area contributed by atoms with E-state index in [0.29, 0.717) is 18.7 Å². The second-order valence-corrected chi connectivity index (χ2v) is 9.52. The zero-order valence-corrected chi connectivity index (χ0v) is 16.0. The molecule has 0 aromatic heterocycles. The maximum Gasteiger partial charge on any atom is 0.260 e. The van der Waals surface area contributed by atoms with Gasteiger partial charge in [0.1, 0.15) is 5.75 Å². The average molecular weight is 375 g/mol. The quantitative estimate of drug-likeness (QED) is 0.779. The van der Waals surface area contributed by atoms with Crippen LogP contribution in [0.2, 0.25) is 0 Å². The van der Waals surface area contributed by atoms with Gasteiger partial charge in [-0.25, -0.2) is 8.42 Å². The third kappa shape index (κ3) is 4.55. The van der Waals surface area contributed by atoms with Crippen LogP contribution < -0.4 is 4.74 Å². The van der Waals surface area contributed by atoms with Crippen LogP contribution in [0.1, 0.15) is 20.3 Å². The maximum absolute atomic E-state index is 12.7. The molecule has 1 saturated heterocycles. The molecule has 1 unspecified atom stereocenters. The van der Waals surface area contributed by atoms with E-state index in [1.807, 2.05) is 56.3 Å². The topological polar surface area (TPSA) is 63.7 Å². The minimum Gasteiger partial charge on any atom is -0.484 e. The van der Waals surface area contributed by atoms with Crippen LogP contribution in [0.25, 0.3) is 10.8 Å². The lowest BCUT2D eigenvalue weighted by molar-refractivity contribution is -0.135. The first-order valence-electron chi connectivity index (χ1n) is 8.95. The highest BCUT2D eigenvalue weighted by Gasteiger charge is 2.34. The van der Waals surface area contributed by atoms with Crippen molar-refractivity contribution in [3.8, 4) is 5.75 Å². The van der Waals surface area contributed by atoms with Crippen molar-refractivity contribution in [1.29, 1.82) is 0 Å². The van der Waals surface area contributed by atoms with Crippen LogP contribution in [0, 0.1) is 5.92 Å². The van der Waals surface area contributed by atoms with Gasteiger partial charge in [0, 0.05) is 12.6 Å². The summed E-state index contributed by atoms with van der Waals surface area (Å²) >= 11 is 0. The standard InChI is InChI=1S/C20H25NO4S/c1-15(2)12-21(18-9-10-26(23,24)14-18)20(22)13-25-19-8-7-16-5-3-4-6-17(16)11-19/h3-8,11,15,18H,9-10,12-14H2,1-2H3. The van der Waals surface area contributed by atoms with Crippen molar-refractivity contribution in [2.24, 2.45) is 5.92 Å². The fourth-order valence-corrected chi connectivity index (χ4v) is 5.08. The average Bonchev–Trinajstić information content (AvgIpc) is 2.97. The second kappa shape index (κ2) is 7.66. The molecule has 0 N–H and O–H groups in total. The van der Waals surface area contributed by atoms with E-state index < -0.39 is 9.84 Å². The summed E-state index contributed by atoms with van der Waals surface area (Å²) < 4.78 is 29.3. The predicted molar refractivity (Wildman–Crippen MR) is 103 cm³/mol. The maximum atomic E-state index is 12.7. The fourth-order valence-electron chi connectivity index (χ4n) is 3.35. The van der Waals surface area contributed by atoms with Gasteiger partial charge in [0.25, 0.3) is 5.91 Å². The van der Waals surface area contributed by atoms with Crippen LogP contribution in [0.4, 0.5) is 0 Å². The molecule has 0 spiro atoms. The van der Waals surface area contributed by atoms with Gasteiger partial charge in [0.05, 0.1) is 11.5 Å². The summed E-state index contributed by atoms with van der Waals surface area (Å²) in [5.41, 5.74) is 0. The molecule has 1 heterocycles. The van der Waals surface area contributed by atoms with E-state index in [2.05, 4.69) is 0 Å². The van der Waals surface area contributed by atoms with Crippen molar-refractivity contribution in [1.82, 2.24) is 4.90 Å². The summed E-state index contributed by atoms with van der Waals surface area (Å²) in [4.78, 5) is 14.4. The Morgan fingerprint density at radius 3 is 2.58 bits per heavy atom. The van der Waals surface area contributed by atoms with Crippen LogP contribution in [-0.4, -0.2) is 49.9 Å². The van der Waals surface area contributed by atoms with Crippen molar-refractivity contribution in [3.05, 3.63) is 42.5 Å². The van der Waals surface area contributed by atoms with Gasteiger partial charge in [-0.15, -0.1) is 0 Å². The molecule has 5 nitrogen and oxygen atoms in total. The Bertz CT molecular complexity index is 892. The molecule has 1 atom stereocenters. The first-order valence-corrected chi connectivity index (χ1v) is 10.8. The minimum atomic E-state index is -3.04. The molecule has 1 fully saturated rings. The second-order valence-electron chi connectivity index (χ2n) is 7.29. The lowest BCUT2D eigenvalue weighted by atomic mass is 10.1. The molecular weight excluding hydrogens is 350 g/mol. The van der Waals surface area contributed by atoms with Crippen LogP contribution in [0.5, 0.6) is 5.75 Å². The molecule has 1 aliphatic heterocycles. The molecule has 3 rings (SSSR count). The third-order valence-corrected chi connectivity index (χ3v) is 6.36. The molecule has 0 saturated carbocycles. The highest BCUT2D eigenvalue weighted by atomic mass is 32.2. The van der Waals surface area contributed by atoms with Gasteiger partial charge in [0.15, 0.2) is 16.4 Å². The Labute approximate surface area is 154 Å². The van der Waals surface area contributed by atoms with Gasteiger partial charge >= 0.3 is 0 Å². The predicted octanol–water partition coefficient (Wildman–Crippen LogP) is 2.89. The molecule has 140 valence electrons. The molecular formula is C20H25NO4S. The van der Waals surface area contributed by atoms with Gasteiger partial charge in [-0.1, -0.05) is 44.2 Å². The van der Waals surface area contributed by atoms with Crippen molar-refractivity contribution in [2.75, 3.05) is 24.7 Å². The summed E-state index contributed by atoms with van der Waals surface area (Å²) in [5, 5.41) is 2.17. The number of amides is 1. The number of rotatable bonds is 6. The molecule has 26 heavy (non-hydrogen) atoms. The van der Waals surface area contributed by atoms with Crippen LogP contribution in [0.3, 0.4) is 0 Å². The third-order valence-electron chi connectivity index (χ3n) is 4.61. The Hall–Kier alpha value is -2.08. The summed E-state index contributed by atoms with van der Waals surface area (Å²) in [7, 11) is -3.04. The van der Waals surface area contributed by atoms with E-state index in [9.17, 15) is 13.2 Å². The number of carbonyl (C=O) groups excluding carboxylic acids is 1. The zero-order valence-electron chi connectivity index (χ0n) is 15.2. The number of sulfone groups is 1. The summed E-state index contributed by atoms with van der Waals surface area (Å²) in [5.74, 6) is 0.962. The SMILES string of the molecule is CC(C)CN(C(=O)COc1ccc2ccccc2c1)C1CCS(=O)(=O)C1. The molecule has 0 bridgehead atoms. The molecule has 0 aliphatic carbocycles. The van der Waals surface area contributed by atoms with E-state index in [1.165, 1.54) is 0 Å². The van der Waals surface area contributed by atoms with Crippen molar-refractivity contribution in [3.63, 3.8) is 0 Å². The van der Waals surface area contributed by atoms with E-state index >= 15 is 0 Å². The normalized spacial score (nSPS) is 19.0. The number of carbonyl (C=O) groups is 1. The molecule has 1 amide bonds. The van der Waals surface area contributed by atoms with Crippen molar-refractivity contribution < 1.29 is 17.9 Å². The first kappa shape index (κ1) is 18.7. The number of hydrogen-bond donors (Lipinski definition) is 0. The molecule has 2 aromatic rings. The van der Waals surface area contributed by atoms with Gasteiger partial charge in [-0.2, -0.15) is 0 Å². The van der Waals surface area contributed by atoms with E-state index in [4.69, 9.17) is 4.74 Å². The molecule has 2 aromatic carbocycles. The lowest BCUT2D eigenvalue weighted by Crippen LogP contribution is -2.45. The first-order chi connectivity index (χ1) is 12.3. The van der Waals surface area contributed by atoms with Crippen LogP contribution in [0.15, 0.2) is 42.5 Å². The van der Waals surface area contributed by atoms with Gasteiger partial charge in [0.2, 0.25) is 0 Å². The van der Waals surface area contributed by atoms with Crippen molar-refractivity contribution >= 4 is 26.5 Å². The molecule has 1 aliphatic rings. The number of fused-ring (bicyclic) bond motifs is 1. The monoisotopic (exact) mass is 375 g/mol. The van der Waals surface area contributed by atoms with Crippen LogP contribution >= 0.6 is 0 Å². The van der Waals surface area contributed by atoms with E-state index in [0.717, 1.165) is 10.8 Å². The Kier molecular flexibility index (Phi) is 5.51. The lowest BCUT2D eigenvalue weighted by Gasteiger charge is -2.30. The van der Waals surface area contributed by atoms with Gasteiger partial charge in [-0.05, 0) is 35.2 Å². The zero-order chi connectivity index (χ0) is 18.7. The highest BCUT2D eigenvalue weighted by Crippen LogP contribution is 2.22. The fraction of sp³-hybridized carbons (Fsp3) is 0.450. The van der Waals surface area contributed by atoms with Gasteiger partial charge < -0.3 is 9.64 Å². The number of benzene rings is 2. The molecule has 0 radical (unpaired) electrons.